The second kappa shape index (κ2) is 9.54. The maximum absolute atomic E-state index is 13.9. The van der Waals surface area contributed by atoms with Gasteiger partial charge in [-0.1, -0.05) is 68.0 Å². The zero-order valence-electron chi connectivity index (χ0n) is 18.1. The largest absolute Gasteiger partial charge is 0.573 e. The summed E-state index contributed by atoms with van der Waals surface area (Å²) in [5.74, 6) is 3.76. The molecule has 0 aromatic heterocycles. The van der Waals surface area contributed by atoms with Gasteiger partial charge in [-0.25, -0.2) is 4.39 Å². The van der Waals surface area contributed by atoms with Crippen LogP contribution in [0.4, 0.5) is 17.6 Å². The van der Waals surface area contributed by atoms with Crippen LogP contribution in [0, 0.1) is 17.7 Å². The molecular weight excluding hydrogens is 428 g/mol. The predicted octanol–water partition coefficient (Wildman–Crippen LogP) is 8.16. The van der Waals surface area contributed by atoms with E-state index >= 15 is 0 Å². The molecule has 0 spiro atoms. The first-order valence-corrected chi connectivity index (χ1v) is 10.8. The Balaban J connectivity index is 1.58. The zero-order valence-corrected chi connectivity index (χ0v) is 18.1. The van der Waals surface area contributed by atoms with Crippen molar-refractivity contribution in [3.63, 3.8) is 0 Å². The molecule has 1 nitrogen and oxygen atoms in total. The van der Waals surface area contributed by atoms with Crippen molar-refractivity contribution in [3.05, 3.63) is 89.2 Å². The number of hydrogen-bond acceptors (Lipinski definition) is 1. The molecule has 0 aliphatic carbocycles. The minimum absolute atomic E-state index is 0.260. The number of alkyl halides is 3. The van der Waals surface area contributed by atoms with Gasteiger partial charge in [0.15, 0.2) is 11.6 Å². The first-order chi connectivity index (χ1) is 15.8. The van der Waals surface area contributed by atoms with E-state index in [2.05, 4.69) is 53.8 Å². The van der Waals surface area contributed by atoms with E-state index in [0.29, 0.717) is 0 Å². The highest BCUT2D eigenvalue weighted by Gasteiger charge is 2.32. The molecule has 0 amide bonds. The Bertz CT molecular complexity index is 1360. The summed E-state index contributed by atoms with van der Waals surface area (Å²) in [5.41, 5.74) is 2.34. The second-order valence-electron chi connectivity index (χ2n) is 7.96. The molecule has 0 aliphatic heterocycles. The predicted molar refractivity (Wildman–Crippen MR) is 124 cm³/mol. The van der Waals surface area contributed by atoms with Crippen LogP contribution in [0.5, 0.6) is 5.75 Å². The van der Waals surface area contributed by atoms with E-state index in [0.717, 1.165) is 34.9 Å². The molecule has 0 bridgehead atoms. The second-order valence-corrected chi connectivity index (χ2v) is 7.96. The molecular formula is C28H22F4O. The van der Waals surface area contributed by atoms with Gasteiger partial charge in [0, 0.05) is 11.1 Å². The molecule has 0 atom stereocenters. The van der Waals surface area contributed by atoms with Gasteiger partial charge >= 0.3 is 6.36 Å². The van der Waals surface area contributed by atoms with E-state index in [9.17, 15) is 17.6 Å². The van der Waals surface area contributed by atoms with Crippen molar-refractivity contribution in [2.75, 3.05) is 0 Å². The highest BCUT2D eigenvalue weighted by atomic mass is 19.4. The van der Waals surface area contributed by atoms with Crippen LogP contribution in [0.25, 0.3) is 21.5 Å². The van der Waals surface area contributed by atoms with Gasteiger partial charge in [0.05, 0.1) is 0 Å². The molecule has 0 radical (unpaired) electrons. The maximum atomic E-state index is 13.9. The van der Waals surface area contributed by atoms with Crippen molar-refractivity contribution in [1.82, 2.24) is 0 Å². The molecule has 4 rings (SSSR count). The highest BCUT2D eigenvalue weighted by molar-refractivity contribution is 6.07. The third-order valence-corrected chi connectivity index (χ3v) is 5.48. The van der Waals surface area contributed by atoms with Gasteiger partial charge < -0.3 is 4.74 Å². The molecule has 5 heteroatoms. The molecule has 0 unspecified atom stereocenters. The number of ether oxygens (including phenoxy) is 1. The van der Waals surface area contributed by atoms with Crippen LogP contribution in [-0.2, 0) is 6.42 Å². The SMILES string of the molecule is CCCCCc1ccc2c(ccc3cc(C#Cc4ccc(OC(F)(F)F)c(F)c4)ccc32)c1. The van der Waals surface area contributed by atoms with Gasteiger partial charge in [-0.3, -0.25) is 0 Å². The molecule has 0 saturated heterocycles. The number of rotatable bonds is 5. The molecule has 4 aromatic rings. The summed E-state index contributed by atoms with van der Waals surface area (Å²) in [4.78, 5) is 0. The molecule has 33 heavy (non-hydrogen) atoms. The molecule has 0 N–H and O–H groups in total. The Kier molecular flexibility index (Phi) is 6.55. The number of halogens is 4. The Morgan fingerprint density at radius 3 is 2.06 bits per heavy atom. The van der Waals surface area contributed by atoms with Crippen molar-refractivity contribution in [3.8, 4) is 17.6 Å². The van der Waals surface area contributed by atoms with Crippen LogP contribution < -0.4 is 4.74 Å². The van der Waals surface area contributed by atoms with E-state index in [1.807, 2.05) is 18.2 Å². The highest BCUT2D eigenvalue weighted by Crippen LogP contribution is 2.28. The molecule has 0 heterocycles. The summed E-state index contributed by atoms with van der Waals surface area (Å²) in [5, 5.41) is 4.53. The molecule has 0 fully saturated rings. The fourth-order valence-corrected chi connectivity index (χ4v) is 3.86. The normalized spacial score (nSPS) is 11.4. The van der Waals surface area contributed by atoms with Crippen LogP contribution >= 0.6 is 0 Å². The Morgan fingerprint density at radius 2 is 1.39 bits per heavy atom. The van der Waals surface area contributed by atoms with Crippen molar-refractivity contribution >= 4 is 21.5 Å². The lowest BCUT2D eigenvalue weighted by molar-refractivity contribution is -0.275. The van der Waals surface area contributed by atoms with Crippen LogP contribution in [-0.4, -0.2) is 6.36 Å². The number of benzene rings is 4. The standard InChI is InChI=1S/C28H22F4O/c1-2-3-4-5-19-8-13-24-22(16-19)11-12-23-17-20(9-14-25(23)24)6-7-21-10-15-27(26(29)18-21)33-28(30,31)32/h8-18H,2-5H2,1H3. The minimum Gasteiger partial charge on any atom is -0.403 e. The number of aryl methyl sites for hydroxylation is 1. The van der Waals surface area contributed by atoms with Gasteiger partial charge in [0.2, 0.25) is 0 Å². The van der Waals surface area contributed by atoms with Crippen molar-refractivity contribution < 1.29 is 22.3 Å². The average molecular weight is 450 g/mol. The van der Waals surface area contributed by atoms with Gasteiger partial charge in [0.1, 0.15) is 0 Å². The van der Waals surface area contributed by atoms with Crippen LogP contribution in [0.15, 0.2) is 66.7 Å². The first-order valence-electron chi connectivity index (χ1n) is 10.8. The summed E-state index contributed by atoms with van der Waals surface area (Å²) in [6.45, 7) is 2.20. The summed E-state index contributed by atoms with van der Waals surface area (Å²) in [7, 11) is 0. The molecule has 4 aromatic carbocycles. The lowest BCUT2D eigenvalue weighted by atomic mass is 9.97. The third kappa shape index (κ3) is 5.64. The monoisotopic (exact) mass is 450 g/mol. The summed E-state index contributed by atoms with van der Waals surface area (Å²) < 4.78 is 54.4. The van der Waals surface area contributed by atoms with Crippen molar-refractivity contribution in [2.24, 2.45) is 0 Å². The van der Waals surface area contributed by atoms with E-state index in [4.69, 9.17) is 0 Å². The molecule has 0 saturated carbocycles. The smallest absolute Gasteiger partial charge is 0.403 e. The van der Waals surface area contributed by atoms with Crippen molar-refractivity contribution in [1.29, 1.82) is 0 Å². The Hall–Kier alpha value is -3.52. The molecule has 168 valence electrons. The fraction of sp³-hybridized carbons (Fsp3) is 0.214. The average Bonchev–Trinajstić information content (AvgIpc) is 2.78. The summed E-state index contributed by atoms with van der Waals surface area (Å²) in [6, 6.07) is 19.8. The van der Waals surface area contributed by atoms with E-state index in [-0.39, 0.29) is 5.56 Å². The number of unbranched alkanes of at least 4 members (excludes halogenated alkanes) is 2. The van der Waals surface area contributed by atoms with Gasteiger partial charge in [0.25, 0.3) is 0 Å². The quantitative estimate of drug-likeness (QED) is 0.129. The Morgan fingerprint density at radius 1 is 0.758 bits per heavy atom. The Labute approximate surface area is 190 Å². The zero-order chi connectivity index (χ0) is 23.4. The summed E-state index contributed by atoms with van der Waals surface area (Å²) in [6.07, 6.45) is -0.229. The molecule has 0 aliphatic rings. The van der Waals surface area contributed by atoms with E-state index in [1.165, 1.54) is 41.7 Å². The fourth-order valence-electron chi connectivity index (χ4n) is 3.86. The lowest BCUT2D eigenvalue weighted by Gasteiger charge is -2.09. The number of hydrogen-bond donors (Lipinski definition) is 0. The summed E-state index contributed by atoms with van der Waals surface area (Å²) >= 11 is 0. The van der Waals surface area contributed by atoms with Gasteiger partial charge in [-0.05, 0) is 70.3 Å². The van der Waals surface area contributed by atoms with E-state index < -0.39 is 17.9 Å². The topological polar surface area (TPSA) is 9.23 Å². The van der Waals surface area contributed by atoms with E-state index in [1.54, 1.807) is 0 Å². The lowest BCUT2D eigenvalue weighted by Crippen LogP contribution is -2.17. The van der Waals surface area contributed by atoms with Crippen LogP contribution in [0.2, 0.25) is 0 Å². The van der Waals surface area contributed by atoms with Crippen LogP contribution in [0.1, 0.15) is 42.9 Å². The van der Waals surface area contributed by atoms with Gasteiger partial charge in [-0.2, -0.15) is 0 Å². The van der Waals surface area contributed by atoms with Gasteiger partial charge in [-0.15, -0.1) is 13.2 Å². The first kappa shape index (κ1) is 22.7. The maximum Gasteiger partial charge on any atom is 0.573 e. The third-order valence-electron chi connectivity index (χ3n) is 5.48. The minimum atomic E-state index is -4.94. The van der Waals surface area contributed by atoms with Crippen LogP contribution in [0.3, 0.4) is 0 Å². The number of fused-ring (bicyclic) bond motifs is 3. The van der Waals surface area contributed by atoms with Crippen molar-refractivity contribution in [2.45, 2.75) is 39.0 Å².